The lowest BCUT2D eigenvalue weighted by Gasteiger charge is -2.35. The van der Waals surface area contributed by atoms with E-state index in [1.165, 1.54) is 0 Å². The van der Waals surface area contributed by atoms with E-state index in [9.17, 15) is 4.79 Å². The largest absolute Gasteiger partial charge is 0.494 e. The molecule has 2 amide bonds. The summed E-state index contributed by atoms with van der Waals surface area (Å²) in [4.78, 5) is 19.0. The summed E-state index contributed by atoms with van der Waals surface area (Å²) in [6, 6.07) is 13.3. The molecule has 1 saturated heterocycles. The van der Waals surface area contributed by atoms with Crippen LogP contribution < -0.4 is 10.1 Å². The Bertz CT molecular complexity index is 658. The number of amides is 2. The van der Waals surface area contributed by atoms with Crippen molar-refractivity contribution in [2.24, 2.45) is 0 Å². The Kier molecular flexibility index (Phi) is 5.31. The number of nitrogens with zero attached hydrogens (tertiary/aromatic N) is 2. The van der Waals surface area contributed by atoms with E-state index in [2.05, 4.69) is 10.3 Å². The molecule has 1 N–H and O–H groups in total. The maximum Gasteiger partial charge on any atom is 0.322 e. The number of hydrogen-bond donors (Lipinski definition) is 1. The van der Waals surface area contributed by atoms with E-state index < -0.39 is 0 Å². The molecule has 5 nitrogen and oxygen atoms in total. The standard InChI is InChI=1S/C19H23N3O2/c1-2-24-16-11-9-15(10-12-16)21-19(23)22-14-6-4-8-18(22)17-7-3-5-13-20-17/h3,5,7,9-13,18H,2,4,6,8,14H2,1H3,(H,21,23)/t18-/m0/s1. The summed E-state index contributed by atoms with van der Waals surface area (Å²) in [5, 5.41) is 2.98. The van der Waals surface area contributed by atoms with Crippen molar-refractivity contribution in [3.8, 4) is 5.75 Å². The van der Waals surface area contributed by atoms with Crippen molar-refractivity contribution in [1.82, 2.24) is 9.88 Å². The number of urea groups is 1. The first-order valence-electron chi connectivity index (χ1n) is 8.49. The highest BCUT2D eigenvalue weighted by molar-refractivity contribution is 5.89. The van der Waals surface area contributed by atoms with E-state index in [0.717, 1.165) is 42.9 Å². The van der Waals surface area contributed by atoms with Crippen LogP contribution in [0, 0.1) is 0 Å². The molecule has 1 aromatic heterocycles. The van der Waals surface area contributed by atoms with Gasteiger partial charge < -0.3 is 15.0 Å². The summed E-state index contributed by atoms with van der Waals surface area (Å²) in [5.41, 5.74) is 1.73. The Morgan fingerprint density at radius 2 is 2.08 bits per heavy atom. The van der Waals surface area contributed by atoms with Crippen molar-refractivity contribution in [2.45, 2.75) is 32.2 Å². The number of rotatable bonds is 4. The summed E-state index contributed by atoms with van der Waals surface area (Å²) in [7, 11) is 0. The van der Waals surface area contributed by atoms with Gasteiger partial charge in [0, 0.05) is 18.4 Å². The molecule has 1 fully saturated rings. The Labute approximate surface area is 142 Å². The molecular weight excluding hydrogens is 302 g/mol. The van der Waals surface area contributed by atoms with Crippen molar-refractivity contribution in [3.63, 3.8) is 0 Å². The van der Waals surface area contributed by atoms with Gasteiger partial charge >= 0.3 is 6.03 Å². The number of likely N-dealkylation sites (tertiary alicyclic amines) is 1. The molecule has 0 bridgehead atoms. The van der Waals surface area contributed by atoms with Gasteiger partial charge in [0.05, 0.1) is 18.3 Å². The number of piperidine rings is 1. The van der Waals surface area contributed by atoms with E-state index >= 15 is 0 Å². The summed E-state index contributed by atoms with van der Waals surface area (Å²) in [6.07, 6.45) is 4.88. The zero-order valence-corrected chi connectivity index (χ0v) is 13.9. The van der Waals surface area contributed by atoms with Gasteiger partial charge in [-0.15, -0.1) is 0 Å². The van der Waals surface area contributed by atoms with Crippen molar-refractivity contribution in [3.05, 3.63) is 54.4 Å². The van der Waals surface area contributed by atoms with Crippen LogP contribution in [-0.2, 0) is 0 Å². The normalized spacial score (nSPS) is 17.4. The third kappa shape index (κ3) is 3.85. The number of carbonyl (C=O) groups excluding carboxylic acids is 1. The second kappa shape index (κ2) is 7.81. The SMILES string of the molecule is CCOc1ccc(NC(=O)N2CCCC[C@H]2c2ccccn2)cc1. The number of benzene rings is 1. The van der Waals surface area contributed by atoms with Gasteiger partial charge in [-0.25, -0.2) is 4.79 Å². The van der Waals surface area contributed by atoms with Gasteiger partial charge in [-0.1, -0.05) is 6.07 Å². The van der Waals surface area contributed by atoms with Crippen molar-refractivity contribution in [2.75, 3.05) is 18.5 Å². The van der Waals surface area contributed by atoms with Crippen LogP contribution in [0.2, 0.25) is 0 Å². The molecule has 0 aliphatic carbocycles. The average Bonchev–Trinajstić information content (AvgIpc) is 2.64. The van der Waals surface area contributed by atoms with Crippen LogP contribution in [0.25, 0.3) is 0 Å². The summed E-state index contributed by atoms with van der Waals surface area (Å²) in [6.45, 7) is 3.33. The fourth-order valence-electron chi connectivity index (χ4n) is 3.05. The summed E-state index contributed by atoms with van der Waals surface area (Å²) >= 11 is 0. The zero-order valence-electron chi connectivity index (χ0n) is 13.9. The Hall–Kier alpha value is -2.56. The molecule has 5 heteroatoms. The quantitative estimate of drug-likeness (QED) is 0.915. The molecule has 0 spiro atoms. The van der Waals surface area contributed by atoms with Crippen LogP contribution in [0.4, 0.5) is 10.5 Å². The minimum atomic E-state index is -0.0745. The van der Waals surface area contributed by atoms with Crippen LogP contribution in [-0.4, -0.2) is 29.1 Å². The molecule has 0 radical (unpaired) electrons. The fourth-order valence-corrected chi connectivity index (χ4v) is 3.05. The fraction of sp³-hybridized carbons (Fsp3) is 0.368. The molecule has 1 aliphatic heterocycles. The Morgan fingerprint density at radius 3 is 2.79 bits per heavy atom. The van der Waals surface area contributed by atoms with Gasteiger partial charge in [0.2, 0.25) is 0 Å². The monoisotopic (exact) mass is 325 g/mol. The maximum atomic E-state index is 12.7. The molecule has 24 heavy (non-hydrogen) atoms. The van der Waals surface area contributed by atoms with Gasteiger partial charge in [0.15, 0.2) is 0 Å². The van der Waals surface area contributed by atoms with Crippen LogP contribution in [0.5, 0.6) is 5.75 Å². The van der Waals surface area contributed by atoms with E-state index in [0.29, 0.717) is 6.61 Å². The average molecular weight is 325 g/mol. The molecule has 0 saturated carbocycles. The van der Waals surface area contributed by atoms with Crippen LogP contribution in [0.1, 0.15) is 37.9 Å². The first-order valence-corrected chi connectivity index (χ1v) is 8.49. The number of hydrogen-bond acceptors (Lipinski definition) is 3. The van der Waals surface area contributed by atoms with E-state index in [4.69, 9.17) is 4.74 Å². The minimum Gasteiger partial charge on any atom is -0.494 e. The predicted molar refractivity (Wildman–Crippen MR) is 94.2 cm³/mol. The van der Waals surface area contributed by atoms with Crippen LogP contribution in [0.3, 0.4) is 0 Å². The van der Waals surface area contributed by atoms with Crippen LogP contribution >= 0.6 is 0 Å². The van der Waals surface area contributed by atoms with E-state index in [-0.39, 0.29) is 12.1 Å². The number of ether oxygens (including phenoxy) is 1. The first-order chi connectivity index (χ1) is 11.8. The Morgan fingerprint density at radius 1 is 1.25 bits per heavy atom. The van der Waals surface area contributed by atoms with Gasteiger partial charge in [-0.3, -0.25) is 4.98 Å². The second-order valence-electron chi connectivity index (χ2n) is 5.85. The lowest BCUT2D eigenvalue weighted by atomic mass is 9.99. The number of pyridine rings is 1. The second-order valence-corrected chi connectivity index (χ2v) is 5.85. The van der Waals surface area contributed by atoms with Gasteiger partial charge in [0.25, 0.3) is 0 Å². The number of aromatic nitrogens is 1. The number of anilines is 1. The summed E-state index contributed by atoms with van der Waals surface area (Å²) in [5.74, 6) is 0.805. The highest BCUT2D eigenvalue weighted by Crippen LogP contribution is 2.30. The lowest BCUT2D eigenvalue weighted by Crippen LogP contribution is -2.41. The van der Waals surface area contributed by atoms with Crippen molar-refractivity contribution >= 4 is 11.7 Å². The Balaban J connectivity index is 1.70. The predicted octanol–water partition coefficient (Wildman–Crippen LogP) is 4.24. The van der Waals surface area contributed by atoms with E-state index in [1.54, 1.807) is 6.20 Å². The topological polar surface area (TPSA) is 54.5 Å². The number of carbonyl (C=O) groups is 1. The molecular formula is C19H23N3O2. The molecule has 1 aromatic carbocycles. The highest BCUT2D eigenvalue weighted by Gasteiger charge is 2.28. The van der Waals surface area contributed by atoms with Crippen molar-refractivity contribution < 1.29 is 9.53 Å². The first kappa shape index (κ1) is 16.3. The zero-order chi connectivity index (χ0) is 16.8. The molecule has 1 aliphatic rings. The lowest BCUT2D eigenvalue weighted by molar-refractivity contribution is 0.161. The third-order valence-electron chi connectivity index (χ3n) is 4.21. The molecule has 0 unspecified atom stereocenters. The molecule has 1 atom stereocenters. The molecule has 2 heterocycles. The maximum absolute atomic E-state index is 12.7. The van der Waals surface area contributed by atoms with Gasteiger partial charge in [-0.2, -0.15) is 0 Å². The van der Waals surface area contributed by atoms with Crippen LogP contribution in [0.15, 0.2) is 48.7 Å². The molecule has 2 aromatic rings. The third-order valence-corrected chi connectivity index (χ3v) is 4.21. The van der Waals surface area contributed by atoms with E-state index in [1.807, 2.05) is 54.3 Å². The summed E-state index contributed by atoms with van der Waals surface area (Å²) < 4.78 is 5.43. The molecule has 126 valence electrons. The minimum absolute atomic E-state index is 0.0441. The van der Waals surface area contributed by atoms with Gasteiger partial charge in [-0.05, 0) is 62.6 Å². The smallest absolute Gasteiger partial charge is 0.322 e. The van der Waals surface area contributed by atoms with Crippen molar-refractivity contribution in [1.29, 1.82) is 0 Å². The highest BCUT2D eigenvalue weighted by atomic mass is 16.5. The van der Waals surface area contributed by atoms with Gasteiger partial charge in [0.1, 0.15) is 5.75 Å². The number of nitrogens with one attached hydrogen (secondary N) is 1. The molecule has 3 rings (SSSR count).